The normalized spacial score (nSPS) is 11.0. The molecule has 0 bridgehead atoms. The Balaban J connectivity index is 1.48. The quantitative estimate of drug-likeness (QED) is 0.428. The lowest BCUT2D eigenvalue weighted by atomic mass is 10.2. The minimum atomic E-state index is -0.378. The van der Waals surface area contributed by atoms with Gasteiger partial charge in [0.2, 0.25) is 0 Å². The first-order valence-corrected chi connectivity index (χ1v) is 9.44. The molecule has 152 valence electrons. The van der Waals surface area contributed by atoms with Gasteiger partial charge in [0.1, 0.15) is 22.8 Å². The van der Waals surface area contributed by atoms with Crippen LogP contribution in [0.1, 0.15) is 0 Å². The summed E-state index contributed by atoms with van der Waals surface area (Å²) in [4.78, 5) is 24.2. The molecule has 2 heterocycles. The minimum absolute atomic E-state index is 0.340. The predicted octanol–water partition coefficient (Wildman–Crippen LogP) is 4.29. The van der Waals surface area contributed by atoms with Crippen LogP contribution in [0.4, 0.5) is 10.1 Å². The molecule has 0 aliphatic carbocycles. The van der Waals surface area contributed by atoms with Crippen LogP contribution in [0, 0.1) is 5.82 Å². The molecule has 3 N–H and O–H groups in total. The number of imidazole rings is 1. The van der Waals surface area contributed by atoms with E-state index in [-0.39, 0.29) is 11.5 Å². The molecule has 0 spiro atoms. The second kappa shape index (κ2) is 7.42. The van der Waals surface area contributed by atoms with Gasteiger partial charge in [0.25, 0.3) is 0 Å². The van der Waals surface area contributed by atoms with Crippen molar-refractivity contribution >= 4 is 16.9 Å². The van der Waals surface area contributed by atoms with Crippen molar-refractivity contribution in [2.24, 2.45) is 0 Å². The molecule has 5 rings (SSSR count). The van der Waals surface area contributed by atoms with Crippen LogP contribution in [0.2, 0.25) is 0 Å². The van der Waals surface area contributed by atoms with Gasteiger partial charge in [-0.15, -0.1) is 0 Å². The maximum atomic E-state index is 13.3. The molecule has 7 nitrogen and oxygen atoms in total. The van der Waals surface area contributed by atoms with E-state index in [4.69, 9.17) is 10.5 Å². The Kier molecular flexibility index (Phi) is 4.44. The molecule has 0 aliphatic heterocycles. The van der Waals surface area contributed by atoms with Gasteiger partial charge >= 0.3 is 5.69 Å². The van der Waals surface area contributed by atoms with E-state index in [1.54, 1.807) is 54.7 Å². The lowest BCUT2D eigenvalue weighted by Crippen LogP contribution is -2.14. The second-order valence-corrected chi connectivity index (χ2v) is 6.87. The number of fused-ring (bicyclic) bond motifs is 1. The van der Waals surface area contributed by atoms with Gasteiger partial charge in [0.05, 0.1) is 11.9 Å². The van der Waals surface area contributed by atoms with Crippen LogP contribution in [-0.4, -0.2) is 19.5 Å². The van der Waals surface area contributed by atoms with Gasteiger partial charge in [-0.2, -0.15) is 0 Å². The lowest BCUT2D eigenvalue weighted by molar-refractivity contribution is 0.476. The van der Waals surface area contributed by atoms with Crippen molar-refractivity contribution in [1.82, 2.24) is 19.5 Å². The third-order valence-electron chi connectivity index (χ3n) is 4.71. The largest absolute Gasteiger partial charge is 0.457 e. The number of nitrogen functional groups attached to an aromatic ring is 1. The SMILES string of the molecule is Nc1cccc(-c2ncc3c(n2)[nH]c(=O)n3-c2ccc(Oc3cccc(F)c3)cc2)c1. The molecular formula is C23H16FN5O2. The van der Waals surface area contributed by atoms with Crippen molar-refractivity contribution in [3.63, 3.8) is 0 Å². The molecule has 0 radical (unpaired) electrons. The lowest BCUT2D eigenvalue weighted by Gasteiger charge is -2.08. The number of aromatic amines is 1. The fraction of sp³-hybridized carbons (Fsp3) is 0. The van der Waals surface area contributed by atoms with E-state index in [0.29, 0.717) is 39.9 Å². The van der Waals surface area contributed by atoms with Crippen LogP contribution < -0.4 is 16.2 Å². The van der Waals surface area contributed by atoms with Crippen LogP contribution in [0.25, 0.3) is 28.2 Å². The van der Waals surface area contributed by atoms with Gasteiger partial charge in [-0.05, 0) is 48.5 Å². The number of ether oxygens (including phenoxy) is 1. The van der Waals surface area contributed by atoms with Gasteiger partial charge in [0, 0.05) is 17.3 Å². The highest BCUT2D eigenvalue weighted by Gasteiger charge is 2.13. The molecule has 5 aromatic rings. The summed E-state index contributed by atoms with van der Waals surface area (Å²) < 4.78 is 20.5. The fourth-order valence-electron chi connectivity index (χ4n) is 3.30. The predicted molar refractivity (Wildman–Crippen MR) is 116 cm³/mol. The van der Waals surface area contributed by atoms with Crippen molar-refractivity contribution in [3.8, 4) is 28.6 Å². The Bertz CT molecular complexity index is 1460. The smallest absolute Gasteiger partial charge is 0.332 e. The fourth-order valence-corrected chi connectivity index (χ4v) is 3.30. The van der Waals surface area contributed by atoms with Gasteiger partial charge in [0.15, 0.2) is 11.5 Å². The number of nitrogens with zero attached hydrogens (tertiary/aromatic N) is 3. The number of hydrogen-bond donors (Lipinski definition) is 2. The van der Waals surface area contributed by atoms with Crippen molar-refractivity contribution in [3.05, 3.63) is 95.3 Å². The Hall–Kier alpha value is -4.46. The summed E-state index contributed by atoms with van der Waals surface area (Å²) in [6.07, 6.45) is 1.59. The average molecular weight is 413 g/mol. The summed E-state index contributed by atoms with van der Waals surface area (Å²) in [5, 5.41) is 0. The van der Waals surface area contributed by atoms with Gasteiger partial charge in [-0.3, -0.25) is 9.55 Å². The molecule has 0 amide bonds. The van der Waals surface area contributed by atoms with Crippen molar-refractivity contribution in [2.45, 2.75) is 0 Å². The van der Waals surface area contributed by atoms with Gasteiger partial charge in [-0.25, -0.2) is 19.2 Å². The van der Waals surface area contributed by atoms with E-state index in [9.17, 15) is 9.18 Å². The Labute approximate surface area is 175 Å². The van der Waals surface area contributed by atoms with E-state index in [0.717, 1.165) is 5.56 Å². The number of rotatable bonds is 4. The first-order valence-electron chi connectivity index (χ1n) is 9.44. The highest BCUT2D eigenvalue weighted by Crippen LogP contribution is 2.24. The summed E-state index contributed by atoms with van der Waals surface area (Å²) in [6, 6.07) is 20.0. The Morgan fingerprint density at radius 3 is 2.55 bits per heavy atom. The van der Waals surface area contributed by atoms with Gasteiger partial charge in [-0.1, -0.05) is 18.2 Å². The monoisotopic (exact) mass is 413 g/mol. The van der Waals surface area contributed by atoms with E-state index in [2.05, 4.69) is 15.0 Å². The summed E-state index contributed by atoms with van der Waals surface area (Å²) in [5.74, 6) is 0.992. The number of anilines is 1. The molecule has 0 aliphatic rings. The van der Waals surface area contributed by atoms with E-state index in [1.165, 1.54) is 16.7 Å². The Morgan fingerprint density at radius 2 is 1.77 bits per heavy atom. The summed E-state index contributed by atoms with van der Waals surface area (Å²) in [5.41, 5.74) is 8.42. The van der Waals surface area contributed by atoms with Crippen LogP contribution in [-0.2, 0) is 0 Å². The third kappa shape index (κ3) is 3.62. The number of benzene rings is 3. The minimum Gasteiger partial charge on any atom is -0.457 e. The number of nitrogens with one attached hydrogen (secondary N) is 1. The molecule has 2 aromatic heterocycles. The van der Waals surface area contributed by atoms with Gasteiger partial charge < -0.3 is 10.5 Å². The van der Waals surface area contributed by atoms with Crippen molar-refractivity contribution < 1.29 is 9.13 Å². The second-order valence-electron chi connectivity index (χ2n) is 6.87. The van der Waals surface area contributed by atoms with E-state index >= 15 is 0 Å². The maximum Gasteiger partial charge on any atom is 0.332 e. The zero-order valence-corrected chi connectivity index (χ0v) is 16.1. The van der Waals surface area contributed by atoms with Crippen molar-refractivity contribution in [1.29, 1.82) is 0 Å². The Morgan fingerprint density at radius 1 is 0.968 bits per heavy atom. The molecule has 0 fully saturated rings. The van der Waals surface area contributed by atoms with Crippen LogP contribution in [0.3, 0.4) is 0 Å². The number of nitrogens with two attached hydrogens (primary N) is 1. The molecule has 0 saturated carbocycles. The zero-order valence-electron chi connectivity index (χ0n) is 16.1. The number of hydrogen-bond acceptors (Lipinski definition) is 5. The average Bonchev–Trinajstić information content (AvgIpc) is 3.09. The third-order valence-corrected chi connectivity index (χ3v) is 4.71. The highest BCUT2D eigenvalue weighted by molar-refractivity contribution is 5.75. The van der Waals surface area contributed by atoms with Crippen LogP contribution in [0.5, 0.6) is 11.5 Å². The topological polar surface area (TPSA) is 98.8 Å². The maximum absolute atomic E-state index is 13.3. The van der Waals surface area contributed by atoms with E-state index < -0.39 is 0 Å². The molecule has 3 aromatic carbocycles. The van der Waals surface area contributed by atoms with Crippen LogP contribution in [0.15, 0.2) is 83.8 Å². The summed E-state index contributed by atoms with van der Waals surface area (Å²) in [6.45, 7) is 0. The first kappa shape index (κ1) is 18.6. The first-order chi connectivity index (χ1) is 15.1. The summed E-state index contributed by atoms with van der Waals surface area (Å²) in [7, 11) is 0. The molecule has 8 heteroatoms. The molecular weight excluding hydrogens is 397 g/mol. The molecule has 0 saturated heterocycles. The van der Waals surface area contributed by atoms with E-state index in [1.807, 2.05) is 12.1 Å². The molecule has 0 atom stereocenters. The molecule has 31 heavy (non-hydrogen) atoms. The summed E-state index contributed by atoms with van der Waals surface area (Å²) >= 11 is 0. The standard InChI is InChI=1S/C23H16FN5O2/c24-15-4-2-6-19(12-15)31-18-9-7-17(8-10-18)29-20-13-26-21(27-22(20)28-23(29)30)14-3-1-5-16(25)11-14/h1-13H,25H2,(H,26,27,28,30). The number of H-pyrrole nitrogens is 1. The van der Waals surface area contributed by atoms with Crippen LogP contribution >= 0.6 is 0 Å². The highest BCUT2D eigenvalue weighted by atomic mass is 19.1. The number of aromatic nitrogens is 4. The molecule has 0 unspecified atom stereocenters. The zero-order chi connectivity index (χ0) is 21.4. The number of halogens is 1. The van der Waals surface area contributed by atoms with Crippen molar-refractivity contribution in [2.75, 3.05) is 5.73 Å².